The summed E-state index contributed by atoms with van der Waals surface area (Å²) in [6.45, 7) is -0.948. The molecule has 316 valence electrons. The van der Waals surface area contributed by atoms with Crippen molar-refractivity contribution in [1.29, 1.82) is 0 Å². The predicted octanol–water partition coefficient (Wildman–Crippen LogP) is -1.41. The Morgan fingerprint density at radius 2 is 1.02 bits per heavy atom. The van der Waals surface area contributed by atoms with E-state index >= 15 is 0 Å². The second kappa shape index (κ2) is 16.3. The lowest BCUT2D eigenvalue weighted by atomic mass is 9.95. The molecule has 0 saturated carbocycles. The second-order valence-corrected chi connectivity index (χ2v) is 16.0. The number of aliphatic hydroxyl groups is 6. The molecule has 0 radical (unpaired) electrons. The molecule has 2 fully saturated rings. The molecule has 0 aliphatic carbocycles. The zero-order chi connectivity index (χ0) is 43.9. The van der Waals surface area contributed by atoms with Gasteiger partial charge in [-0.05, 0) is 24.3 Å². The molecule has 0 spiro atoms. The normalized spacial score (nSPS) is 26.5. The molecule has 6 aromatic rings. The van der Waals surface area contributed by atoms with E-state index in [1.165, 1.54) is 46.1 Å². The van der Waals surface area contributed by atoms with Gasteiger partial charge in [-0.15, -0.1) is 12.8 Å². The summed E-state index contributed by atoms with van der Waals surface area (Å²) in [7, 11) is -8.94. The minimum atomic E-state index is -4.47. The minimum Gasteiger partial charge on any atom is -0.394 e. The van der Waals surface area contributed by atoms with Crippen LogP contribution in [-0.2, 0) is 29.7 Å². The Morgan fingerprint density at radius 1 is 0.650 bits per heavy atom. The molecule has 0 amide bonds. The van der Waals surface area contributed by atoms with E-state index in [0.717, 1.165) is 12.1 Å². The van der Waals surface area contributed by atoms with Gasteiger partial charge in [-0.1, -0.05) is 36.1 Å². The topological polar surface area (TPSA) is 362 Å². The van der Waals surface area contributed by atoms with Crippen LogP contribution in [0.2, 0.25) is 0 Å². The van der Waals surface area contributed by atoms with Crippen LogP contribution >= 0.6 is 0 Å². The van der Waals surface area contributed by atoms with Crippen molar-refractivity contribution in [3.63, 3.8) is 0 Å². The van der Waals surface area contributed by atoms with Crippen LogP contribution in [0.5, 0.6) is 0 Å². The Morgan fingerprint density at radius 3 is 1.33 bits per heavy atom. The summed E-state index contributed by atoms with van der Waals surface area (Å²) in [4.78, 5) is 15.1. The fraction of sp³-hybridized carbons (Fsp3) is 0.278. The molecule has 2 aromatic carbocycles. The number of hydrogen-bond donors (Lipinski definition) is 10. The third-order valence-corrected chi connectivity index (χ3v) is 11.6. The first-order valence-electron chi connectivity index (χ1n) is 17.2. The number of nitrogen functional groups attached to an aromatic ring is 2. The lowest BCUT2D eigenvalue weighted by Gasteiger charge is -2.26. The van der Waals surface area contributed by atoms with Crippen LogP contribution in [0.1, 0.15) is 12.5 Å². The van der Waals surface area contributed by atoms with Gasteiger partial charge in [0.25, 0.3) is 20.2 Å². The molecule has 8 rings (SSSR count). The van der Waals surface area contributed by atoms with Crippen molar-refractivity contribution in [3.8, 4) is 24.7 Å². The minimum absolute atomic E-state index is 0.0233. The number of fused-ring (bicyclic) bond motifs is 3. The lowest BCUT2D eigenvalue weighted by molar-refractivity contribution is -0.0718. The van der Waals surface area contributed by atoms with Crippen LogP contribution in [0.3, 0.4) is 0 Å². The van der Waals surface area contributed by atoms with E-state index in [-0.39, 0.29) is 22.4 Å². The fourth-order valence-corrected chi connectivity index (χ4v) is 8.18. The average Bonchev–Trinajstić information content (AvgIpc) is 3.97. The predicted molar refractivity (Wildman–Crippen MR) is 209 cm³/mol. The molecule has 8 atom stereocenters. The largest absolute Gasteiger partial charge is 0.394 e. The van der Waals surface area contributed by atoms with Crippen LogP contribution in [0.25, 0.3) is 32.8 Å². The second-order valence-electron chi connectivity index (χ2n) is 13.2. The number of hydrogen-bond acceptors (Lipinski definition) is 18. The standard InChI is InChI=1S/2C13H14N4O4.C10H8O6S2/c2*1-2-13(20)9(19)8(5-18)21-12(13)17-4-3-7-10(14)15-6-16-11(7)17;11-17(12,13)9-5-1-3-7-8(9)4-2-6-10(7)18(14,15)16/h2*1,3-4,6,8-9,12,18-20H,5H2,(H2,14,15,16);1-6H,(H,11,12,13)(H,14,15,16)/t2*8-,9-,12-,13-;/m11./s1. The molecular weight excluding hydrogens is 833 g/mol. The molecule has 6 heterocycles. The average molecular weight is 869 g/mol. The summed E-state index contributed by atoms with van der Waals surface area (Å²) < 4.78 is 76.6. The summed E-state index contributed by atoms with van der Waals surface area (Å²) in [6, 6.07) is 10.8. The maximum Gasteiger partial charge on any atom is 0.295 e. The van der Waals surface area contributed by atoms with Gasteiger partial charge in [0.05, 0.1) is 24.0 Å². The first-order valence-corrected chi connectivity index (χ1v) is 20.0. The number of nitrogens with zero attached hydrogens (tertiary/aromatic N) is 6. The number of aromatic nitrogens is 6. The van der Waals surface area contributed by atoms with Crippen molar-refractivity contribution in [3.05, 3.63) is 73.6 Å². The Kier molecular flexibility index (Phi) is 11.9. The van der Waals surface area contributed by atoms with Crippen LogP contribution in [0, 0.1) is 24.7 Å². The monoisotopic (exact) mass is 868 g/mol. The fourth-order valence-electron chi connectivity index (χ4n) is 6.76. The molecule has 2 aliphatic heterocycles. The molecule has 60 heavy (non-hydrogen) atoms. The zero-order valence-electron chi connectivity index (χ0n) is 30.6. The first-order chi connectivity index (χ1) is 28.3. The van der Waals surface area contributed by atoms with Gasteiger partial charge in [-0.25, -0.2) is 19.9 Å². The van der Waals surface area contributed by atoms with Gasteiger partial charge in [0.15, 0.2) is 23.7 Å². The van der Waals surface area contributed by atoms with Crippen molar-refractivity contribution < 1.29 is 66.1 Å². The molecule has 24 heteroatoms. The number of terminal acetylenes is 2. The Hall–Kier alpha value is -5.84. The zero-order valence-corrected chi connectivity index (χ0v) is 32.3. The van der Waals surface area contributed by atoms with Crippen molar-refractivity contribution in [2.75, 3.05) is 24.7 Å². The van der Waals surface area contributed by atoms with Gasteiger partial charge in [-0.2, -0.15) is 16.8 Å². The van der Waals surface area contributed by atoms with Crippen LogP contribution in [-0.4, -0.2) is 134 Å². The van der Waals surface area contributed by atoms with Crippen molar-refractivity contribution in [2.45, 2.75) is 57.9 Å². The molecule has 4 aromatic heterocycles. The van der Waals surface area contributed by atoms with E-state index in [9.17, 15) is 47.5 Å². The molecule has 0 bridgehead atoms. The smallest absolute Gasteiger partial charge is 0.295 e. The SMILES string of the molecule is C#C[C@@]1(O)[C@H](O)[C@@H](CO)O[C@H]1n1ccc2c(N)ncnc21.C#C[C@@]1(O)[C@H](O)[C@@H](CO)O[C@H]1n1ccc2c(N)ncnc21.O=S(=O)(O)c1cccc2c(S(=O)(=O)O)cccc12. The van der Waals surface area contributed by atoms with E-state index in [1.54, 1.807) is 24.5 Å². The Labute approximate surface area is 339 Å². The molecular formula is C36H36N8O14S2. The summed E-state index contributed by atoms with van der Waals surface area (Å²) >= 11 is 0. The summed E-state index contributed by atoms with van der Waals surface area (Å²) in [6.07, 6.45) is 9.39. The van der Waals surface area contributed by atoms with Crippen LogP contribution < -0.4 is 11.5 Å². The van der Waals surface area contributed by atoms with Crippen molar-refractivity contribution >= 4 is 64.7 Å². The number of rotatable bonds is 6. The third-order valence-electron chi connectivity index (χ3n) is 9.77. The summed E-state index contributed by atoms with van der Waals surface area (Å²) in [5.74, 6) is 4.85. The van der Waals surface area contributed by atoms with Crippen molar-refractivity contribution in [2.24, 2.45) is 0 Å². The highest BCUT2D eigenvalue weighted by atomic mass is 32.2. The van der Waals surface area contributed by atoms with E-state index < -0.39 is 91.3 Å². The molecule has 2 saturated heterocycles. The third kappa shape index (κ3) is 7.58. The highest BCUT2D eigenvalue weighted by molar-refractivity contribution is 7.86. The van der Waals surface area contributed by atoms with E-state index in [1.807, 2.05) is 0 Å². The lowest BCUT2D eigenvalue weighted by Crippen LogP contribution is -2.45. The first kappa shape index (κ1) is 43.7. The molecule has 2 aliphatic rings. The van der Waals surface area contributed by atoms with Gasteiger partial charge in [0, 0.05) is 23.2 Å². The number of benzene rings is 2. The van der Waals surface area contributed by atoms with Crippen LogP contribution in [0.4, 0.5) is 11.6 Å². The van der Waals surface area contributed by atoms with Gasteiger partial charge < -0.3 is 60.7 Å². The van der Waals surface area contributed by atoms with Crippen LogP contribution in [0.15, 0.2) is 83.4 Å². The van der Waals surface area contributed by atoms with Gasteiger partial charge >= 0.3 is 0 Å². The number of ether oxygens (including phenoxy) is 2. The van der Waals surface area contributed by atoms with Gasteiger partial charge in [0.1, 0.15) is 69.8 Å². The number of nitrogens with two attached hydrogens (primary N) is 2. The molecule has 22 nitrogen and oxygen atoms in total. The summed E-state index contributed by atoms with van der Waals surface area (Å²) in [5.41, 5.74) is 8.35. The van der Waals surface area contributed by atoms with E-state index in [0.29, 0.717) is 22.1 Å². The Bertz CT molecular complexity index is 2700. The maximum absolute atomic E-state index is 11.2. The highest BCUT2D eigenvalue weighted by Crippen LogP contribution is 2.41. The molecule has 12 N–H and O–H groups in total. The summed E-state index contributed by atoms with van der Waals surface area (Å²) in [5, 5.41) is 60.8. The quantitative estimate of drug-likeness (QED) is 0.0679. The highest BCUT2D eigenvalue weighted by Gasteiger charge is 2.56. The van der Waals surface area contributed by atoms with E-state index in [4.69, 9.17) is 42.9 Å². The van der Waals surface area contributed by atoms with Gasteiger partial charge in [-0.3, -0.25) is 9.11 Å². The van der Waals surface area contributed by atoms with E-state index in [2.05, 4.69) is 31.8 Å². The number of anilines is 2. The number of aliphatic hydroxyl groups excluding tert-OH is 4. The maximum atomic E-state index is 11.2. The molecule has 0 unspecified atom stereocenters. The Balaban J connectivity index is 0.000000152. The van der Waals surface area contributed by atoms with Gasteiger partial charge in [0.2, 0.25) is 0 Å². The van der Waals surface area contributed by atoms with Crippen molar-refractivity contribution in [1.82, 2.24) is 29.1 Å².